The lowest BCUT2D eigenvalue weighted by Crippen LogP contribution is -2.59. The van der Waals surface area contributed by atoms with E-state index >= 15 is 0 Å². The lowest BCUT2D eigenvalue weighted by atomic mass is 9.67. The summed E-state index contributed by atoms with van der Waals surface area (Å²) in [6.07, 6.45) is 0. The Bertz CT molecular complexity index is 920. The molecular formula is C25H32N2O3. The van der Waals surface area contributed by atoms with Crippen LogP contribution in [0.15, 0.2) is 48.5 Å². The number of rotatable bonds is 6. The second kappa shape index (κ2) is 8.60. The minimum Gasteiger partial charge on any atom is -0.392 e. The molecule has 0 spiro atoms. The van der Waals surface area contributed by atoms with Gasteiger partial charge in [0.15, 0.2) is 0 Å². The fourth-order valence-electron chi connectivity index (χ4n) is 4.36. The first-order chi connectivity index (χ1) is 14.2. The molecule has 30 heavy (non-hydrogen) atoms. The van der Waals surface area contributed by atoms with E-state index in [4.69, 9.17) is 0 Å². The SMILES string of the molecule is CC(C)CNC(=O)[C@@]1(C)c2ccccc2C(=O)N(C(C)C)[C@H]1c1ccc(CO)cc1. The lowest BCUT2D eigenvalue weighted by Gasteiger charge is -2.49. The van der Waals surface area contributed by atoms with Crippen molar-refractivity contribution in [3.8, 4) is 0 Å². The van der Waals surface area contributed by atoms with Crippen molar-refractivity contribution in [2.75, 3.05) is 6.54 Å². The van der Waals surface area contributed by atoms with E-state index in [1.54, 1.807) is 0 Å². The van der Waals surface area contributed by atoms with Gasteiger partial charge in [-0.25, -0.2) is 0 Å². The molecule has 2 aromatic carbocycles. The van der Waals surface area contributed by atoms with Crippen molar-refractivity contribution in [3.05, 3.63) is 70.8 Å². The fraction of sp³-hybridized carbons (Fsp3) is 0.440. The molecule has 5 nitrogen and oxygen atoms in total. The molecular weight excluding hydrogens is 376 g/mol. The van der Waals surface area contributed by atoms with Gasteiger partial charge < -0.3 is 15.3 Å². The summed E-state index contributed by atoms with van der Waals surface area (Å²) in [6.45, 7) is 10.5. The lowest BCUT2D eigenvalue weighted by molar-refractivity contribution is -0.129. The van der Waals surface area contributed by atoms with Gasteiger partial charge in [-0.15, -0.1) is 0 Å². The van der Waals surface area contributed by atoms with Crippen LogP contribution in [0.25, 0.3) is 0 Å². The maximum Gasteiger partial charge on any atom is 0.254 e. The van der Waals surface area contributed by atoms with Crippen LogP contribution in [0, 0.1) is 5.92 Å². The molecule has 160 valence electrons. The summed E-state index contributed by atoms with van der Waals surface area (Å²) in [4.78, 5) is 29.0. The summed E-state index contributed by atoms with van der Waals surface area (Å²) in [5.41, 5.74) is 2.06. The largest absolute Gasteiger partial charge is 0.392 e. The Morgan fingerprint density at radius 1 is 1.10 bits per heavy atom. The number of hydrogen-bond acceptors (Lipinski definition) is 3. The number of benzene rings is 2. The monoisotopic (exact) mass is 408 g/mol. The summed E-state index contributed by atoms with van der Waals surface area (Å²) >= 11 is 0. The van der Waals surface area contributed by atoms with Gasteiger partial charge in [-0.3, -0.25) is 9.59 Å². The van der Waals surface area contributed by atoms with Crippen molar-refractivity contribution >= 4 is 11.8 Å². The van der Waals surface area contributed by atoms with E-state index in [9.17, 15) is 14.7 Å². The minimum atomic E-state index is -0.954. The number of carbonyl (C=O) groups is 2. The predicted octanol–water partition coefficient (Wildman–Crippen LogP) is 3.81. The third kappa shape index (κ3) is 3.74. The van der Waals surface area contributed by atoms with E-state index in [1.807, 2.05) is 74.2 Å². The highest BCUT2D eigenvalue weighted by atomic mass is 16.3. The Hall–Kier alpha value is -2.66. The van der Waals surface area contributed by atoms with Crippen LogP contribution in [0.4, 0.5) is 0 Å². The topological polar surface area (TPSA) is 69.6 Å². The number of aliphatic hydroxyl groups is 1. The number of aliphatic hydroxyl groups excluding tert-OH is 1. The number of hydrogen-bond donors (Lipinski definition) is 2. The molecule has 0 bridgehead atoms. The first-order valence-electron chi connectivity index (χ1n) is 10.6. The van der Waals surface area contributed by atoms with Crippen molar-refractivity contribution in [2.24, 2.45) is 5.92 Å². The van der Waals surface area contributed by atoms with Crippen molar-refractivity contribution in [1.82, 2.24) is 10.2 Å². The van der Waals surface area contributed by atoms with E-state index < -0.39 is 11.5 Å². The Kier molecular flexibility index (Phi) is 6.32. The number of fused-ring (bicyclic) bond motifs is 1. The quantitative estimate of drug-likeness (QED) is 0.764. The molecule has 3 rings (SSSR count). The Morgan fingerprint density at radius 2 is 1.73 bits per heavy atom. The average molecular weight is 409 g/mol. The highest BCUT2D eigenvalue weighted by Crippen LogP contribution is 2.48. The highest BCUT2D eigenvalue weighted by Gasteiger charge is 2.53. The Morgan fingerprint density at radius 3 is 2.30 bits per heavy atom. The van der Waals surface area contributed by atoms with Crippen LogP contribution in [-0.4, -0.2) is 34.4 Å². The molecule has 2 aromatic rings. The summed E-state index contributed by atoms with van der Waals surface area (Å²) < 4.78 is 0. The summed E-state index contributed by atoms with van der Waals surface area (Å²) in [5, 5.41) is 12.5. The molecule has 5 heteroatoms. The molecule has 0 fully saturated rings. The molecule has 1 heterocycles. The summed E-state index contributed by atoms with van der Waals surface area (Å²) in [7, 11) is 0. The van der Waals surface area contributed by atoms with Crippen molar-refractivity contribution in [1.29, 1.82) is 0 Å². The van der Waals surface area contributed by atoms with Gasteiger partial charge in [0.05, 0.1) is 18.1 Å². The molecule has 0 radical (unpaired) electrons. The number of nitrogens with zero attached hydrogens (tertiary/aromatic N) is 1. The molecule has 0 saturated carbocycles. The number of carbonyl (C=O) groups excluding carboxylic acids is 2. The van der Waals surface area contributed by atoms with Gasteiger partial charge in [0.25, 0.3) is 5.91 Å². The van der Waals surface area contributed by atoms with Crippen molar-refractivity contribution < 1.29 is 14.7 Å². The van der Waals surface area contributed by atoms with Crippen LogP contribution in [0.3, 0.4) is 0 Å². The van der Waals surface area contributed by atoms with Gasteiger partial charge in [0.1, 0.15) is 0 Å². The van der Waals surface area contributed by atoms with Gasteiger partial charge >= 0.3 is 0 Å². The average Bonchev–Trinajstić information content (AvgIpc) is 2.74. The first kappa shape index (κ1) is 22.0. The smallest absolute Gasteiger partial charge is 0.254 e. The zero-order chi connectivity index (χ0) is 22.1. The Labute approximate surface area is 179 Å². The predicted molar refractivity (Wildman–Crippen MR) is 118 cm³/mol. The molecule has 0 saturated heterocycles. The minimum absolute atomic E-state index is 0.0489. The van der Waals surface area contributed by atoms with Gasteiger partial charge in [-0.05, 0) is 49.4 Å². The van der Waals surface area contributed by atoms with Crippen LogP contribution in [-0.2, 0) is 16.8 Å². The fourth-order valence-corrected chi connectivity index (χ4v) is 4.36. The molecule has 1 aliphatic heterocycles. The van der Waals surface area contributed by atoms with Crippen LogP contribution < -0.4 is 5.32 Å². The molecule has 0 aliphatic carbocycles. The molecule has 2 atom stereocenters. The number of nitrogens with one attached hydrogen (secondary N) is 1. The zero-order valence-electron chi connectivity index (χ0n) is 18.5. The van der Waals surface area contributed by atoms with E-state index in [0.717, 1.165) is 16.7 Å². The maximum absolute atomic E-state index is 13.7. The third-order valence-electron chi connectivity index (χ3n) is 5.95. The second-order valence-electron chi connectivity index (χ2n) is 8.96. The van der Waals surface area contributed by atoms with Crippen LogP contribution in [0.1, 0.15) is 67.7 Å². The van der Waals surface area contributed by atoms with Gasteiger partial charge in [-0.1, -0.05) is 56.3 Å². The zero-order valence-corrected chi connectivity index (χ0v) is 18.5. The number of amides is 2. The Balaban J connectivity index is 2.23. The van der Waals surface area contributed by atoms with Gasteiger partial charge in [0.2, 0.25) is 5.91 Å². The van der Waals surface area contributed by atoms with Gasteiger partial charge in [0, 0.05) is 18.2 Å². The molecule has 0 aromatic heterocycles. The van der Waals surface area contributed by atoms with Crippen LogP contribution >= 0.6 is 0 Å². The normalized spacial score (nSPS) is 21.1. The van der Waals surface area contributed by atoms with Gasteiger partial charge in [-0.2, -0.15) is 0 Å². The molecule has 1 aliphatic rings. The van der Waals surface area contributed by atoms with E-state index in [2.05, 4.69) is 19.2 Å². The summed E-state index contributed by atoms with van der Waals surface area (Å²) in [5.74, 6) is 0.172. The van der Waals surface area contributed by atoms with Crippen LogP contribution in [0.2, 0.25) is 0 Å². The van der Waals surface area contributed by atoms with E-state index in [1.165, 1.54) is 0 Å². The molecule has 2 N–H and O–H groups in total. The summed E-state index contributed by atoms with van der Waals surface area (Å²) in [6, 6.07) is 14.4. The molecule has 0 unspecified atom stereocenters. The first-order valence-corrected chi connectivity index (χ1v) is 10.6. The standard InChI is InChI=1S/C25H32N2O3/c1-16(2)14-26-24(30)25(5)21-9-7-6-8-20(21)23(29)27(17(3)4)22(25)19-12-10-18(15-28)11-13-19/h6-13,16-17,22,28H,14-15H2,1-5H3,(H,26,30)/t22-,25-/m0/s1. The van der Waals surface area contributed by atoms with E-state index in [0.29, 0.717) is 18.0 Å². The maximum atomic E-state index is 13.7. The van der Waals surface area contributed by atoms with E-state index in [-0.39, 0.29) is 24.5 Å². The van der Waals surface area contributed by atoms with Crippen LogP contribution in [0.5, 0.6) is 0 Å². The van der Waals surface area contributed by atoms with Crippen molar-refractivity contribution in [3.63, 3.8) is 0 Å². The molecule has 2 amide bonds. The highest BCUT2D eigenvalue weighted by molar-refractivity contribution is 6.03. The second-order valence-corrected chi connectivity index (χ2v) is 8.96. The van der Waals surface area contributed by atoms with Crippen molar-refractivity contribution in [2.45, 2.75) is 58.7 Å². The third-order valence-corrected chi connectivity index (χ3v) is 5.95.